The van der Waals surface area contributed by atoms with E-state index >= 15 is 0 Å². The molecule has 0 amide bonds. The van der Waals surface area contributed by atoms with E-state index in [2.05, 4.69) is 46.1 Å². The zero-order valence-electron chi connectivity index (χ0n) is 10.0. The van der Waals surface area contributed by atoms with Crippen LogP contribution in [-0.4, -0.2) is 30.8 Å². The number of piperidine rings is 1. The zero-order valence-corrected chi connectivity index (χ0v) is 11.6. The topological polar surface area (TPSA) is 20.3 Å². The average Bonchev–Trinajstić information content (AvgIpc) is 2.55. The van der Waals surface area contributed by atoms with Crippen molar-refractivity contribution in [2.24, 2.45) is 0 Å². The van der Waals surface area contributed by atoms with E-state index in [4.69, 9.17) is 0 Å². The van der Waals surface area contributed by atoms with Gasteiger partial charge in [0.05, 0.1) is 5.41 Å². The summed E-state index contributed by atoms with van der Waals surface area (Å²) in [6, 6.07) is 6.33. The third-order valence-electron chi connectivity index (χ3n) is 4.31. The summed E-state index contributed by atoms with van der Waals surface area (Å²) in [5.74, 6) is 0.429. The highest BCUT2D eigenvalue weighted by Gasteiger charge is 2.47. The highest BCUT2D eigenvalue weighted by molar-refractivity contribution is 9.10. The molecule has 17 heavy (non-hydrogen) atoms. The Hall–Kier alpha value is -0.670. The summed E-state index contributed by atoms with van der Waals surface area (Å²) in [5.41, 5.74) is 2.36. The molecule has 1 aliphatic heterocycles. The molecular weight excluding hydrogens is 278 g/mol. The van der Waals surface area contributed by atoms with Crippen LogP contribution in [0.3, 0.4) is 0 Å². The number of nitrogens with zero attached hydrogens (tertiary/aromatic N) is 1. The lowest BCUT2D eigenvalue weighted by Gasteiger charge is -2.37. The standard InChI is InChI=1S/C14H16BrNO/c1-16-6-4-14(5-7-16)12-3-2-11(15)8-10(12)9-13(14)17/h2-3,8H,4-7,9H2,1H3. The Morgan fingerprint density at radius 3 is 2.71 bits per heavy atom. The molecule has 2 nitrogen and oxygen atoms in total. The van der Waals surface area contributed by atoms with Crippen LogP contribution < -0.4 is 0 Å². The molecule has 0 unspecified atom stereocenters. The van der Waals surface area contributed by atoms with Crippen molar-refractivity contribution >= 4 is 21.7 Å². The number of rotatable bonds is 0. The van der Waals surface area contributed by atoms with Gasteiger partial charge in [-0.25, -0.2) is 0 Å². The van der Waals surface area contributed by atoms with E-state index in [1.54, 1.807) is 0 Å². The molecule has 1 aliphatic carbocycles. The van der Waals surface area contributed by atoms with E-state index in [9.17, 15) is 4.79 Å². The summed E-state index contributed by atoms with van der Waals surface area (Å²) in [5, 5.41) is 0. The molecule has 1 fully saturated rings. The van der Waals surface area contributed by atoms with E-state index in [0.29, 0.717) is 12.2 Å². The number of Topliss-reactive ketones (excluding diaryl/α,β-unsaturated/α-hetero) is 1. The zero-order chi connectivity index (χ0) is 12.0. The van der Waals surface area contributed by atoms with Crippen LogP contribution >= 0.6 is 15.9 Å². The Labute approximate surface area is 110 Å². The fourth-order valence-electron chi connectivity index (χ4n) is 3.22. The number of carbonyl (C=O) groups is 1. The maximum atomic E-state index is 12.4. The predicted molar refractivity (Wildman–Crippen MR) is 71.3 cm³/mol. The van der Waals surface area contributed by atoms with Gasteiger partial charge in [0.2, 0.25) is 0 Å². The second-order valence-electron chi connectivity index (χ2n) is 5.29. The molecule has 1 aromatic rings. The molecule has 2 aliphatic rings. The van der Waals surface area contributed by atoms with Crippen LogP contribution in [0.2, 0.25) is 0 Å². The molecule has 0 radical (unpaired) electrons. The van der Waals surface area contributed by atoms with Crippen LogP contribution in [0.25, 0.3) is 0 Å². The highest BCUT2D eigenvalue weighted by Crippen LogP contribution is 2.44. The van der Waals surface area contributed by atoms with Crippen LogP contribution in [-0.2, 0) is 16.6 Å². The summed E-state index contributed by atoms with van der Waals surface area (Å²) in [6.45, 7) is 2.06. The van der Waals surface area contributed by atoms with Crippen molar-refractivity contribution < 1.29 is 4.79 Å². The number of likely N-dealkylation sites (tertiary alicyclic amines) is 1. The van der Waals surface area contributed by atoms with Gasteiger partial charge in [0.15, 0.2) is 0 Å². The maximum Gasteiger partial charge on any atom is 0.147 e. The second-order valence-corrected chi connectivity index (χ2v) is 6.20. The van der Waals surface area contributed by atoms with Crippen molar-refractivity contribution in [3.05, 3.63) is 33.8 Å². The first-order valence-electron chi connectivity index (χ1n) is 6.13. The molecule has 3 rings (SSSR count). The fourth-order valence-corrected chi connectivity index (χ4v) is 3.62. The Morgan fingerprint density at radius 2 is 2.00 bits per heavy atom. The van der Waals surface area contributed by atoms with Crippen molar-refractivity contribution in [2.75, 3.05) is 20.1 Å². The summed E-state index contributed by atoms with van der Waals surface area (Å²) in [7, 11) is 2.13. The Balaban J connectivity index is 2.05. The average molecular weight is 294 g/mol. The molecule has 1 spiro atoms. The Morgan fingerprint density at radius 1 is 1.29 bits per heavy atom. The minimum Gasteiger partial charge on any atom is -0.306 e. The molecule has 3 heteroatoms. The molecular formula is C14H16BrNO. The summed E-state index contributed by atoms with van der Waals surface area (Å²) >= 11 is 3.49. The van der Waals surface area contributed by atoms with Crippen LogP contribution in [0.1, 0.15) is 24.0 Å². The normalized spacial score (nSPS) is 23.1. The molecule has 90 valence electrons. The second kappa shape index (κ2) is 3.92. The minimum absolute atomic E-state index is 0.164. The first kappa shape index (κ1) is 11.4. The van der Waals surface area contributed by atoms with Gasteiger partial charge in [0.1, 0.15) is 5.78 Å². The van der Waals surface area contributed by atoms with Crippen LogP contribution in [0, 0.1) is 0 Å². The van der Waals surface area contributed by atoms with Crippen molar-refractivity contribution in [3.63, 3.8) is 0 Å². The lowest BCUT2D eigenvalue weighted by molar-refractivity contribution is -0.124. The van der Waals surface area contributed by atoms with Gasteiger partial charge in [0, 0.05) is 10.9 Å². The van der Waals surface area contributed by atoms with E-state index in [-0.39, 0.29) is 5.41 Å². The smallest absolute Gasteiger partial charge is 0.147 e. The lowest BCUT2D eigenvalue weighted by atomic mass is 9.73. The fraction of sp³-hybridized carbons (Fsp3) is 0.500. The van der Waals surface area contributed by atoms with E-state index in [1.165, 1.54) is 11.1 Å². The molecule has 1 aromatic carbocycles. The van der Waals surface area contributed by atoms with Crippen LogP contribution in [0.4, 0.5) is 0 Å². The molecule has 0 saturated carbocycles. The molecule has 0 N–H and O–H groups in total. The number of hydrogen-bond donors (Lipinski definition) is 0. The number of halogens is 1. The SMILES string of the molecule is CN1CCC2(CC1)C(=O)Cc1cc(Br)ccc12. The van der Waals surface area contributed by atoms with Crippen molar-refractivity contribution in [3.8, 4) is 0 Å². The molecule has 1 saturated heterocycles. The number of carbonyl (C=O) groups excluding carboxylic acids is 1. The summed E-state index contributed by atoms with van der Waals surface area (Å²) < 4.78 is 1.08. The Bertz CT molecular complexity index is 475. The van der Waals surface area contributed by atoms with Gasteiger partial charge in [0.25, 0.3) is 0 Å². The minimum atomic E-state index is -0.164. The number of benzene rings is 1. The van der Waals surface area contributed by atoms with Crippen molar-refractivity contribution in [1.82, 2.24) is 4.90 Å². The van der Waals surface area contributed by atoms with E-state index in [0.717, 1.165) is 30.4 Å². The van der Waals surface area contributed by atoms with Crippen molar-refractivity contribution in [2.45, 2.75) is 24.7 Å². The van der Waals surface area contributed by atoms with Gasteiger partial charge in [-0.15, -0.1) is 0 Å². The van der Waals surface area contributed by atoms with Gasteiger partial charge < -0.3 is 4.90 Å². The number of ketones is 1. The van der Waals surface area contributed by atoms with Crippen molar-refractivity contribution in [1.29, 1.82) is 0 Å². The van der Waals surface area contributed by atoms with E-state index < -0.39 is 0 Å². The maximum absolute atomic E-state index is 12.4. The van der Waals surface area contributed by atoms with Gasteiger partial charge in [-0.3, -0.25) is 4.79 Å². The molecule has 1 heterocycles. The molecule has 0 aromatic heterocycles. The number of hydrogen-bond acceptors (Lipinski definition) is 2. The van der Waals surface area contributed by atoms with Gasteiger partial charge in [-0.1, -0.05) is 22.0 Å². The third-order valence-corrected chi connectivity index (χ3v) is 4.80. The van der Waals surface area contributed by atoms with Gasteiger partial charge in [-0.05, 0) is 56.2 Å². The lowest BCUT2D eigenvalue weighted by Crippen LogP contribution is -2.44. The quantitative estimate of drug-likeness (QED) is 0.733. The molecule has 0 atom stereocenters. The van der Waals surface area contributed by atoms with Gasteiger partial charge >= 0.3 is 0 Å². The van der Waals surface area contributed by atoms with Crippen LogP contribution in [0.5, 0.6) is 0 Å². The van der Waals surface area contributed by atoms with Crippen LogP contribution in [0.15, 0.2) is 22.7 Å². The number of fused-ring (bicyclic) bond motifs is 2. The van der Waals surface area contributed by atoms with E-state index in [1.807, 2.05) is 0 Å². The largest absolute Gasteiger partial charge is 0.306 e. The third kappa shape index (κ3) is 1.67. The first-order valence-corrected chi connectivity index (χ1v) is 6.92. The Kier molecular flexibility index (Phi) is 2.64. The highest BCUT2D eigenvalue weighted by atomic mass is 79.9. The molecule has 0 bridgehead atoms. The summed E-state index contributed by atoms with van der Waals surface area (Å²) in [4.78, 5) is 14.7. The van der Waals surface area contributed by atoms with Gasteiger partial charge in [-0.2, -0.15) is 0 Å². The summed E-state index contributed by atoms with van der Waals surface area (Å²) in [6.07, 6.45) is 2.59. The predicted octanol–water partition coefficient (Wildman–Crippen LogP) is 2.54. The monoisotopic (exact) mass is 293 g/mol. The first-order chi connectivity index (χ1) is 8.12.